The molecule has 8 nitrogen and oxygen atoms in total. The van der Waals surface area contributed by atoms with Gasteiger partial charge >= 0.3 is 6.09 Å². The van der Waals surface area contributed by atoms with Crippen LogP contribution in [0.4, 0.5) is 4.79 Å². The Labute approximate surface area is 165 Å². The fourth-order valence-corrected chi connectivity index (χ4v) is 3.95. The van der Waals surface area contributed by atoms with E-state index in [9.17, 15) is 13.2 Å². The summed E-state index contributed by atoms with van der Waals surface area (Å²) < 4.78 is 45.9. The second kappa shape index (κ2) is 8.77. The molecule has 2 aliphatic heterocycles. The normalized spacial score (nSPS) is 22.2. The summed E-state index contributed by atoms with van der Waals surface area (Å²) in [5.41, 5.74) is 0.869. The van der Waals surface area contributed by atoms with Gasteiger partial charge in [0.05, 0.1) is 24.7 Å². The number of sulfone groups is 1. The maximum atomic E-state index is 11.8. The van der Waals surface area contributed by atoms with Crippen LogP contribution in [0.3, 0.4) is 0 Å². The van der Waals surface area contributed by atoms with Crippen molar-refractivity contribution in [2.75, 3.05) is 32.6 Å². The van der Waals surface area contributed by atoms with Crippen molar-refractivity contribution in [1.29, 1.82) is 0 Å². The van der Waals surface area contributed by atoms with E-state index < -0.39 is 21.9 Å². The van der Waals surface area contributed by atoms with Crippen LogP contribution in [0.25, 0.3) is 0 Å². The molecule has 28 heavy (non-hydrogen) atoms. The van der Waals surface area contributed by atoms with Gasteiger partial charge in [-0.2, -0.15) is 0 Å². The van der Waals surface area contributed by atoms with Crippen molar-refractivity contribution in [2.24, 2.45) is 0 Å². The third-order valence-electron chi connectivity index (χ3n) is 4.90. The number of ether oxygens (including phenoxy) is 4. The Balaban J connectivity index is 1.51. The third-order valence-corrected chi connectivity index (χ3v) is 6.03. The predicted molar refractivity (Wildman–Crippen MR) is 100 cm³/mol. The maximum absolute atomic E-state index is 11.8. The zero-order valence-electron chi connectivity index (χ0n) is 16.3. The van der Waals surface area contributed by atoms with Crippen molar-refractivity contribution in [1.82, 2.24) is 4.90 Å². The maximum Gasteiger partial charge on any atom is 0.409 e. The van der Waals surface area contributed by atoms with E-state index in [0.717, 1.165) is 5.56 Å². The highest BCUT2D eigenvalue weighted by atomic mass is 32.2. The average Bonchev–Trinajstić information content (AvgIpc) is 2.67. The van der Waals surface area contributed by atoms with Gasteiger partial charge in [-0.05, 0) is 24.6 Å². The second-order valence-corrected chi connectivity index (χ2v) is 9.02. The van der Waals surface area contributed by atoms with E-state index in [0.29, 0.717) is 52.2 Å². The number of hydrogen-bond acceptors (Lipinski definition) is 7. The molecule has 2 saturated heterocycles. The van der Waals surface area contributed by atoms with Gasteiger partial charge in [0.1, 0.15) is 0 Å². The number of benzene rings is 1. The van der Waals surface area contributed by atoms with Crippen LogP contribution in [0.5, 0.6) is 0 Å². The first-order valence-corrected chi connectivity index (χ1v) is 11.3. The van der Waals surface area contributed by atoms with Gasteiger partial charge < -0.3 is 23.8 Å². The van der Waals surface area contributed by atoms with Gasteiger partial charge in [-0.1, -0.05) is 12.1 Å². The smallest absolute Gasteiger partial charge is 0.409 e. The van der Waals surface area contributed by atoms with E-state index in [4.69, 9.17) is 18.9 Å². The molecule has 9 heteroatoms. The number of nitrogens with zero attached hydrogens (tertiary/aromatic N) is 1. The lowest BCUT2D eigenvalue weighted by Crippen LogP contribution is -2.53. The highest BCUT2D eigenvalue weighted by Gasteiger charge is 2.43. The molecule has 0 aromatic heterocycles. The Hall–Kier alpha value is -1.68. The summed E-state index contributed by atoms with van der Waals surface area (Å²) in [7, 11) is -3.21. The third kappa shape index (κ3) is 5.22. The predicted octanol–water partition coefficient (Wildman–Crippen LogP) is 2.32. The Morgan fingerprint density at radius 1 is 1.25 bits per heavy atom. The number of carbonyl (C=O) groups is 1. The van der Waals surface area contributed by atoms with E-state index in [1.807, 2.05) is 0 Å². The number of piperidine rings is 1. The van der Waals surface area contributed by atoms with E-state index in [1.54, 1.807) is 36.1 Å². The molecule has 1 unspecified atom stereocenters. The number of rotatable bonds is 5. The number of hydrogen-bond donors (Lipinski definition) is 0. The Morgan fingerprint density at radius 2 is 1.93 bits per heavy atom. The topological polar surface area (TPSA) is 91.4 Å². The molecule has 3 rings (SSSR count). The van der Waals surface area contributed by atoms with Gasteiger partial charge in [0.15, 0.2) is 21.9 Å². The molecule has 1 aromatic rings. The molecule has 1 aromatic carbocycles. The molecule has 2 aliphatic rings. The summed E-state index contributed by atoms with van der Waals surface area (Å²) in [6.45, 7) is 4.01. The molecule has 0 radical (unpaired) electrons. The van der Waals surface area contributed by atoms with Crippen LogP contribution in [-0.2, 0) is 35.4 Å². The highest BCUT2D eigenvalue weighted by Crippen LogP contribution is 2.34. The fourth-order valence-electron chi connectivity index (χ4n) is 3.32. The standard InChI is InChI=1S/C19H27NO7S/c1-3-24-18(21)20-11-9-19(10-12-20)26-13-8-17(27-19)25-14-15-4-6-16(7-5-15)28(2,22)23/h4-7,17H,3,8-14H2,1-2H3. The monoisotopic (exact) mass is 413 g/mol. The van der Waals surface area contributed by atoms with Crippen LogP contribution in [0.1, 0.15) is 31.7 Å². The second-order valence-electron chi connectivity index (χ2n) is 7.01. The molecular weight excluding hydrogens is 386 g/mol. The first kappa shape index (κ1) is 21.0. The van der Waals surface area contributed by atoms with Crippen LogP contribution in [0.2, 0.25) is 0 Å². The summed E-state index contributed by atoms with van der Waals surface area (Å²) in [6.07, 6.45) is 2.21. The number of likely N-dealkylation sites (tertiary alicyclic amines) is 1. The summed E-state index contributed by atoms with van der Waals surface area (Å²) in [4.78, 5) is 13.8. The molecule has 2 fully saturated rings. The average molecular weight is 413 g/mol. The van der Waals surface area contributed by atoms with Crippen LogP contribution < -0.4 is 0 Å². The Kier molecular flexibility index (Phi) is 6.59. The minimum Gasteiger partial charge on any atom is -0.450 e. The van der Waals surface area contributed by atoms with Crippen molar-refractivity contribution in [3.05, 3.63) is 29.8 Å². The SMILES string of the molecule is CCOC(=O)N1CCC2(CC1)OCCC(OCc1ccc(S(C)(=O)=O)cc1)O2. The highest BCUT2D eigenvalue weighted by molar-refractivity contribution is 7.90. The lowest BCUT2D eigenvalue weighted by Gasteiger charge is -2.45. The molecule has 156 valence electrons. The van der Waals surface area contributed by atoms with Crippen LogP contribution >= 0.6 is 0 Å². The van der Waals surface area contributed by atoms with Gasteiger partial charge in [-0.15, -0.1) is 0 Å². The van der Waals surface area contributed by atoms with Gasteiger partial charge in [0.25, 0.3) is 0 Å². The molecule has 0 saturated carbocycles. The molecule has 1 spiro atoms. The molecule has 0 bridgehead atoms. The van der Waals surface area contributed by atoms with Crippen molar-refractivity contribution >= 4 is 15.9 Å². The lowest BCUT2D eigenvalue weighted by molar-refractivity contribution is -0.357. The fraction of sp³-hybridized carbons (Fsp3) is 0.632. The van der Waals surface area contributed by atoms with Gasteiger partial charge in [0.2, 0.25) is 0 Å². The summed E-state index contributed by atoms with van der Waals surface area (Å²) in [6, 6.07) is 6.63. The summed E-state index contributed by atoms with van der Waals surface area (Å²) in [5.74, 6) is -0.730. The van der Waals surface area contributed by atoms with Crippen molar-refractivity contribution in [2.45, 2.75) is 49.8 Å². The Morgan fingerprint density at radius 3 is 2.54 bits per heavy atom. The van der Waals surface area contributed by atoms with E-state index >= 15 is 0 Å². The first-order valence-electron chi connectivity index (χ1n) is 9.45. The zero-order valence-corrected chi connectivity index (χ0v) is 17.1. The summed E-state index contributed by atoms with van der Waals surface area (Å²) >= 11 is 0. The van der Waals surface area contributed by atoms with Crippen molar-refractivity contribution in [3.8, 4) is 0 Å². The van der Waals surface area contributed by atoms with E-state index in [1.165, 1.54) is 6.26 Å². The van der Waals surface area contributed by atoms with E-state index in [2.05, 4.69) is 0 Å². The lowest BCUT2D eigenvalue weighted by atomic mass is 10.0. The minimum absolute atomic E-state index is 0.283. The van der Waals surface area contributed by atoms with Crippen molar-refractivity contribution < 1.29 is 32.2 Å². The molecular formula is C19H27NO7S. The Bertz CT molecular complexity index is 770. The number of amides is 1. The van der Waals surface area contributed by atoms with Gasteiger partial charge in [-0.3, -0.25) is 0 Å². The quantitative estimate of drug-likeness (QED) is 0.731. The molecule has 0 N–H and O–H groups in total. The summed E-state index contributed by atoms with van der Waals surface area (Å²) in [5, 5.41) is 0. The van der Waals surface area contributed by atoms with Gasteiger partial charge in [-0.25, -0.2) is 13.2 Å². The molecule has 0 aliphatic carbocycles. The van der Waals surface area contributed by atoms with Crippen molar-refractivity contribution in [3.63, 3.8) is 0 Å². The number of carbonyl (C=O) groups excluding carboxylic acids is 1. The van der Waals surface area contributed by atoms with Crippen LogP contribution in [0.15, 0.2) is 29.2 Å². The zero-order chi connectivity index (χ0) is 20.2. The van der Waals surface area contributed by atoms with E-state index in [-0.39, 0.29) is 11.0 Å². The minimum atomic E-state index is -3.21. The van der Waals surface area contributed by atoms with Crippen LogP contribution in [-0.4, -0.2) is 64.0 Å². The largest absolute Gasteiger partial charge is 0.450 e. The molecule has 1 amide bonds. The molecule has 2 heterocycles. The molecule has 1 atom stereocenters. The first-order chi connectivity index (χ1) is 13.3. The van der Waals surface area contributed by atoms with Crippen LogP contribution in [0, 0.1) is 0 Å². The van der Waals surface area contributed by atoms with Gasteiger partial charge in [0, 0.05) is 38.6 Å².